The minimum atomic E-state index is -0.726. The molecule has 2 aromatic rings. The van der Waals surface area contributed by atoms with E-state index in [0.717, 1.165) is 18.4 Å². The average Bonchev–Trinajstić information content (AvgIpc) is 2.78. The fourth-order valence-corrected chi connectivity index (χ4v) is 3.74. The first-order chi connectivity index (χ1) is 14.9. The summed E-state index contributed by atoms with van der Waals surface area (Å²) in [5, 5.41) is 11.9. The first-order valence-corrected chi connectivity index (χ1v) is 10.8. The highest BCUT2D eigenvalue weighted by molar-refractivity contribution is 5.96. The Bertz CT molecular complexity index is 897. The van der Waals surface area contributed by atoms with Crippen molar-refractivity contribution in [3.63, 3.8) is 0 Å². The molecule has 0 aliphatic heterocycles. The summed E-state index contributed by atoms with van der Waals surface area (Å²) < 4.78 is 5.94. The summed E-state index contributed by atoms with van der Waals surface area (Å²) in [5.74, 6) is -0.400. The molecule has 31 heavy (non-hydrogen) atoms. The molecule has 3 rings (SSSR count). The van der Waals surface area contributed by atoms with E-state index in [1.807, 2.05) is 19.1 Å². The minimum absolute atomic E-state index is 0.0225. The summed E-state index contributed by atoms with van der Waals surface area (Å²) in [6, 6.07) is 14.5. The lowest BCUT2D eigenvalue weighted by atomic mass is 9.87. The van der Waals surface area contributed by atoms with E-state index in [1.54, 1.807) is 36.4 Å². The van der Waals surface area contributed by atoms with Gasteiger partial charge in [0.2, 0.25) is 0 Å². The van der Waals surface area contributed by atoms with Crippen LogP contribution in [-0.4, -0.2) is 35.4 Å². The van der Waals surface area contributed by atoms with E-state index < -0.39 is 5.97 Å². The van der Waals surface area contributed by atoms with E-state index in [9.17, 15) is 14.4 Å². The summed E-state index contributed by atoms with van der Waals surface area (Å²) in [6.07, 6.45) is 3.68. The van der Waals surface area contributed by atoms with Crippen LogP contribution >= 0.6 is 0 Å². The van der Waals surface area contributed by atoms with Crippen LogP contribution < -0.4 is 10.1 Å². The number of carboxylic acids is 1. The molecule has 0 aromatic heterocycles. The van der Waals surface area contributed by atoms with Gasteiger partial charge >= 0.3 is 5.97 Å². The highest BCUT2D eigenvalue weighted by Gasteiger charge is 2.26. The van der Waals surface area contributed by atoms with E-state index in [0.29, 0.717) is 49.1 Å². The summed E-state index contributed by atoms with van der Waals surface area (Å²) in [5.41, 5.74) is 2.33. The highest BCUT2D eigenvalue weighted by Crippen LogP contribution is 2.28. The molecule has 1 aliphatic rings. The van der Waals surface area contributed by atoms with Crippen LogP contribution in [-0.2, 0) is 4.79 Å². The second-order valence-corrected chi connectivity index (χ2v) is 8.10. The molecular formula is C25H29NO5. The molecule has 0 radical (unpaired) electrons. The zero-order valence-corrected chi connectivity index (χ0v) is 17.8. The van der Waals surface area contributed by atoms with Gasteiger partial charge in [0.05, 0.1) is 12.0 Å². The number of ketones is 1. The van der Waals surface area contributed by atoms with E-state index >= 15 is 0 Å². The van der Waals surface area contributed by atoms with Crippen molar-refractivity contribution in [2.75, 3.05) is 6.54 Å². The summed E-state index contributed by atoms with van der Waals surface area (Å²) >= 11 is 0. The molecule has 0 bridgehead atoms. The number of hydrogen-bond donors (Lipinski definition) is 2. The number of benzene rings is 2. The number of carbonyl (C=O) groups excluding carboxylic acids is 2. The van der Waals surface area contributed by atoms with Gasteiger partial charge in [-0.05, 0) is 75.4 Å². The van der Waals surface area contributed by atoms with Crippen molar-refractivity contribution in [3.8, 4) is 5.75 Å². The van der Waals surface area contributed by atoms with E-state index in [4.69, 9.17) is 9.84 Å². The van der Waals surface area contributed by atoms with Crippen LogP contribution in [0.4, 0.5) is 0 Å². The monoisotopic (exact) mass is 423 g/mol. The number of amides is 1. The number of rotatable bonds is 9. The minimum Gasteiger partial charge on any atom is -0.490 e. The molecule has 0 heterocycles. The molecule has 164 valence electrons. The smallest absolute Gasteiger partial charge is 0.306 e. The molecule has 1 aliphatic carbocycles. The lowest BCUT2D eigenvalue weighted by molar-refractivity contribution is -0.143. The van der Waals surface area contributed by atoms with Crippen molar-refractivity contribution in [2.24, 2.45) is 5.92 Å². The first-order valence-electron chi connectivity index (χ1n) is 10.8. The third-order valence-electron chi connectivity index (χ3n) is 5.68. The Kier molecular flexibility index (Phi) is 7.82. The van der Waals surface area contributed by atoms with Gasteiger partial charge in [-0.1, -0.05) is 17.7 Å². The topological polar surface area (TPSA) is 92.7 Å². The second kappa shape index (κ2) is 10.8. The van der Waals surface area contributed by atoms with Crippen LogP contribution in [0.5, 0.6) is 5.75 Å². The lowest BCUT2D eigenvalue weighted by Crippen LogP contribution is -2.27. The number of aliphatic carboxylic acids is 1. The quantitative estimate of drug-likeness (QED) is 0.460. The maximum atomic E-state index is 12.4. The largest absolute Gasteiger partial charge is 0.490 e. The molecular weight excluding hydrogens is 394 g/mol. The van der Waals surface area contributed by atoms with Gasteiger partial charge in [-0.25, -0.2) is 0 Å². The molecule has 0 saturated heterocycles. The van der Waals surface area contributed by atoms with Gasteiger partial charge in [0, 0.05) is 24.1 Å². The average molecular weight is 424 g/mol. The number of Topliss-reactive ketones (excluding diaryl/α,β-unsaturated/α-hetero) is 1. The molecule has 1 saturated carbocycles. The van der Waals surface area contributed by atoms with E-state index in [2.05, 4.69) is 5.32 Å². The molecule has 2 aromatic carbocycles. The number of ether oxygens (including phenoxy) is 1. The molecule has 6 nitrogen and oxygen atoms in total. The van der Waals surface area contributed by atoms with Crippen LogP contribution in [0.25, 0.3) is 0 Å². The van der Waals surface area contributed by atoms with E-state index in [-0.39, 0.29) is 23.7 Å². The predicted molar refractivity (Wildman–Crippen MR) is 118 cm³/mol. The molecule has 2 N–H and O–H groups in total. The Morgan fingerprint density at radius 2 is 1.55 bits per heavy atom. The van der Waals surface area contributed by atoms with Crippen LogP contribution in [0.1, 0.15) is 64.8 Å². The number of hydrogen-bond acceptors (Lipinski definition) is 4. The molecule has 6 heteroatoms. The van der Waals surface area contributed by atoms with Gasteiger partial charge in [-0.2, -0.15) is 0 Å². The van der Waals surface area contributed by atoms with Crippen LogP contribution in [0.2, 0.25) is 0 Å². The standard InChI is InChI=1S/C25H29NO5/c1-17-4-6-19(7-5-17)24(28)26-16-2-3-23(27)18-8-12-21(13-9-18)31-22-14-10-20(11-15-22)25(29)30/h4-9,12-13,20,22H,2-3,10-11,14-16H2,1H3,(H,26,28)(H,29,30). The fraction of sp³-hybridized carbons (Fsp3) is 0.400. The van der Waals surface area contributed by atoms with E-state index in [1.165, 1.54) is 0 Å². The lowest BCUT2D eigenvalue weighted by Gasteiger charge is -2.26. The first kappa shape index (κ1) is 22.5. The SMILES string of the molecule is Cc1ccc(C(=O)NCCCC(=O)c2ccc(OC3CCC(C(=O)O)CC3)cc2)cc1. The molecule has 0 unspecified atom stereocenters. The van der Waals surface area contributed by atoms with Gasteiger partial charge in [0.15, 0.2) is 5.78 Å². The fourth-order valence-electron chi connectivity index (χ4n) is 3.74. The zero-order valence-electron chi connectivity index (χ0n) is 17.8. The van der Waals surface area contributed by atoms with Crippen molar-refractivity contribution >= 4 is 17.7 Å². The Balaban J connectivity index is 1.38. The van der Waals surface area contributed by atoms with Gasteiger partial charge in [0.1, 0.15) is 5.75 Å². The predicted octanol–water partition coefficient (Wildman–Crippen LogP) is 4.41. The van der Waals surface area contributed by atoms with Crippen molar-refractivity contribution in [3.05, 3.63) is 65.2 Å². The molecule has 1 amide bonds. The highest BCUT2D eigenvalue weighted by atomic mass is 16.5. The third kappa shape index (κ3) is 6.67. The molecule has 1 fully saturated rings. The Morgan fingerprint density at radius 3 is 2.16 bits per heavy atom. The maximum absolute atomic E-state index is 12.4. The Hall–Kier alpha value is -3.15. The Labute approximate surface area is 182 Å². The zero-order chi connectivity index (χ0) is 22.2. The summed E-state index contributed by atoms with van der Waals surface area (Å²) in [4.78, 5) is 35.5. The number of aryl methyl sites for hydroxylation is 1. The number of carboxylic acid groups (broad SMARTS) is 1. The van der Waals surface area contributed by atoms with Crippen molar-refractivity contribution in [1.82, 2.24) is 5.32 Å². The summed E-state index contributed by atoms with van der Waals surface area (Å²) in [7, 11) is 0. The van der Waals surface area contributed by atoms with Crippen molar-refractivity contribution < 1.29 is 24.2 Å². The number of nitrogens with one attached hydrogen (secondary N) is 1. The van der Waals surface area contributed by atoms with Gasteiger partial charge in [-0.3, -0.25) is 14.4 Å². The maximum Gasteiger partial charge on any atom is 0.306 e. The molecule has 0 atom stereocenters. The number of carbonyl (C=O) groups is 3. The van der Waals surface area contributed by atoms with Crippen LogP contribution in [0.3, 0.4) is 0 Å². The van der Waals surface area contributed by atoms with Crippen LogP contribution in [0, 0.1) is 12.8 Å². The van der Waals surface area contributed by atoms with Gasteiger partial charge in [0.25, 0.3) is 5.91 Å². The Morgan fingerprint density at radius 1 is 0.935 bits per heavy atom. The normalized spacial score (nSPS) is 18.2. The van der Waals surface area contributed by atoms with Crippen LogP contribution in [0.15, 0.2) is 48.5 Å². The summed E-state index contributed by atoms with van der Waals surface area (Å²) in [6.45, 7) is 2.41. The second-order valence-electron chi connectivity index (χ2n) is 8.10. The van der Waals surface area contributed by atoms with Gasteiger partial charge < -0.3 is 15.2 Å². The van der Waals surface area contributed by atoms with Crippen molar-refractivity contribution in [2.45, 2.75) is 51.6 Å². The van der Waals surface area contributed by atoms with Crippen molar-refractivity contribution in [1.29, 1.82) is 0 Å². The van der Waals surface area contributed by atoms with Gasteiger partial charge in [-0.15, -0.1) is 0 Å². The third-order valence-corrected chi connectivity index (χ3v) is 5.68. The molecule has 0 spiro atoms.